The van der Waals surface area contributed by atoms with E-state index < -0.39 is 6.10 Å². The van der Waals surface area contributed by atoms with Crippen molar-refractivity contribution in [3.63, 3.8) is 0 Å². The lowest BCUT2D eigenvalue weighted by atomic mass is 9.55. The van der Waals surface area contributed by atoms with Crippen LogP contribution in [0.3, 0.4) is 0 Å². The first-order chi connectivity index (χ1) is 15.4. The lowest BCUT2D eigenvalue weighted by molar-refractivity contribution is -0.145. The minimum Gasteiger partial charge on any atom is -0.461 e. The first-order valence-corrected chi connectivity index (χ1v) is 12.0. The summed E-state index contributed by atoms with van der Waals surface area (Å²) in [7, 11) is 0. The van der Waals surface area contributed by atoms with Crippen LogP contribution < -0.4 is 4.90 Å². The molecule has 0 aromatic heterocycles. The minimum absolute atomic E-state index is 0.123. The summed E-state index contributed by atoms with van der Waals surface area (Å²) in [6, 6.07) is 9.88. The van der Waals surface area contributed by atoms with Gasteiger partial charge in [-0.2, -0.15) is 5.26 Å². The lowest BCUT2D eigenvalue weighted by Gasteiger charge is -2.52. The summed E-state index contributed by atoms with van der Waals surface area (Å²) < 4.78 is 5.83. The molecular formula is C26H33N3O3. The van der Waals surface area contributed by atoms with Gasteiger partial charge in [-0.15, -0.1) is 0 Å². The van der Waals surface area contributed by atoms with Crippen LogP contribution in [0.1, 0.15) is 38.7 Å². The SMILES string of the molecule is C[C@@H]1CCC=C2C[C@H]3OC(=O)[C@H](CN4CCN(c5ccc(C#N)cc5)CC4)[C@@H]3[C@H](O)[C@@]21C. The van der Waals surface area contributed by atoms with Gasteiger partial charge in [0.25, 0.3) is 0 Å². The highest BCUT2D eigenvalue weighted by atomic mass is 16.6. The summed E-state index contributed by atoms with van der Waals surface area (Å²) in [5.74, 6) is -0.111. The highest BCUT2D eigenvalue weighted by molar-refractivity contribution is 5.76. The molecular weight excluding hydrogens is 402 g/mol. The van der Waals surface area contributed by atoms with Gasteiger partial charge >= 0.3 is 5.97 Å². The molecule has 1 saturated carbocycles. The quantitative estimate of drug-likeness (QED) is 0.581. The van der Waals surface area contributed by atoms with Crippen LogP contribution in [0, 0.1) is 34.5 Å². The molecule has 3 fully saturated rings. The van der Waals surface area contributed by atoms with Crippen molar-refractivity contribution < 1.29 is 14.6 Å². The van der Waals surface area contributed by atoms with Gasteiger partial charge in [0, 0.05) is 56.2 Å². The van der Waals surface area contributed by atoms with Gasteiger partial charge in [-0.3, -0.25) is 9.69 Å². The number of allylic oxidation sites excluding steroid dienone is 1. The van der Waals surface area contributed by atoms with Gasteiger partial charge < -0.3 is 14.7 Å². The van der Waals surface area contributed by atoms with Crippen LogP contribution >= 0.6 is 0 Å². The van der Waals surface area contributed by atoms with E-state index in [9.17, 15) is 9.90 Å². The molecule has 0 bridgehead atoms. The van der Waals surface area contributed by atoms with E-state index in [2.05, 4.69) is 35.8 Å². The zero-order valence-electron chi connectivity index (χ0n) is 19.0. The second-order valence-electron chi connectivity index (χ2n) is 10.2. The van der Waals surface area contributed by atoms with Crippen LogP contribution in [0.25, 0.3) is 0 Å². The predicted molar refractivity (Wildman–Crippen MR) is 122 cm³/mol. The molecule has 6 atom stereocenters. The van der Waals surface area contributed by atoms with Crippen molar-refractivity contribution in [2.45, 2.75) is 45.3 Å². The number of ether oxygens (including phenoxy) is 1. The van der Waals surface area contributed by atoms with Crippen molar-refractivity contribution in [3.8, 4) is 6.07 Å². The highest BCUT2D eigenvalue weighted by Gasteiger charge is 2.59. The van der Waals surface area contributed by atoms with E-state index in [-0.39, 0.29) is 29.3 Å². The van der Waals surface area contributed by atoms with Crippen molar-refractivity contribution in [1.29, 1.82) is 5.26 Å². The molecule has 0 radical (unpaired) electrons. The Hall–Kier alpha value is -2.36. The Balaban J connectivity index is 1.26. The number of benzene rings is 1. The first-order valence-electron chi connectivity index (χ1n) is 12.0. The Bertz CT molecular complexity index is 944. The van der Waals surface area contributed by atoms with Crippen LogP contribution in [0.2, 0.25) is 0 Å². The monoisotopic (exact) mass is 435 g/mol. The molecule has 2 heterocycles. The molecule has 0 spiro atoms. The Morgan fingerprint density at radius 1 is 1.22 bits per heavy atom. The third kappa shape index (κ3) is 3.43. The molecule has 2 saturated heterocycles. The standard InChI is InChI=1S/C26H33N3O3/c1-17-4-3-5-19-14-22-23(24(30)26(17,19)2)21(25(31)32-22)16-28-10-12-29(13-11-28)20-8-6-18(15-27)7-9-20/h5-9,17,21-24,30H,3-4,10-14,16H2,1-2H3/t17-,21-,22-,23+,24+,26-/m1/s1. The predicted octanol–water partition coefficient (Wildman–Crippen LogP) is 2.97. The molecule has 0 amide bonds. The van der Waals surface area contributed by atoms with E-state index in [0.717, 1.165) is 51.1 Å². The zero-order valence-corrected chi connectivity index (χ0v) is 19.0. The maximum atomic E-state index is 12.9. The van der Waals surface area contributed by atoms with E-state index in [1.54, 1.807) is 0 Å². The average molecular weight is 436 g/mol. The van der Waals surface area contributed by atoms with E-state index >= 15 is 0 Å². The molecule has 32 heavy (non-hydrogen) atoms. The van der Waals surface area contributed by atoms with Crippen LogP contribution in [0.15, 0.2) is 35.9 Å². The fraction of sp³-hybridized carbons (Fsp3) is 0.615. The van der Waals surface area contributed by atoms with E-state index in [0.29, 0.717) is 18.0 Å². The van der Waals surface area contributed by atoms with Crippen LogP contribution in [-0.4, -0.2) is 60.9 Å². The summed E-state index contributed by atoms with van der Waals surface area (Å²) in [6.45, 7) is 8.59. The number of nitrogens with zero attached hydrogens (tertiary/aromatic N) is 3. The number of carbonyl (C=O) groups excluding carboxylic acids is 1. The zero-order chi connectivity index (χ0) is 22.5. The van der Waals surface area contributed by atoms with E-state index in [4.69, 9.17) is 10.00 Å². The molecule has 4 aliphatic rings. The van der Waals surface area contributed by atoms with Crippen LogP contribution in [0.5, 0.6) is 0 Å². The third-order valence-corrected chi connectivity index (χ3v) is 8.76. The number of aliphatic hydroxyl groups is 1. The molecule has 5 rings (SSSR count). The fourth-order valence-electron chi connectivity index (χ4n) is 6.49. The maximum Gasteiger partial charge on any atom is 0.311 e. The van der Waals surface area contributed by atoms with E-state index in [1.165, 1.54) is 5.57 Å². The molecule has 1 aromatic carbocycles. The Morgan fingerprint density at radius 2 is 1.94 bits per heavy atom. The summed E-state index contributed by atoms with van der Waals surface area (Å²) in [5.41, 5.74) is 2.84. The maximum absolute atomic E-state index is 12.9. The van der Waals surface area contributed by atoms with Gasteiger partial charge in [0.15, 0.2) is 0 Å². The number of rotatable bonds is 3. The average Bonchev–Trinajstić information content (AvgIpc) is 3.11. The van der Waals surface area contributed by atoms with Crippen molar-refractivity contribution in [1.82, 2.24) is 4.90 Å². The molecule has 1 N–H and O–H groups in total. The molecule has 2 aliphatic heterocycles. The first kappa shape index (κ1) is 21.5. The summed E-state index contributed by atoms with van der Waals surface area (Å²) >= 11 is 0. The van der Waals surface area contributed by atoms with Gasteiger partial charge in [-0.25, -0.2) is 0 Å². The summed E-state index contributed by atoms with van der Waals surface area (Å²) in [5, 5.41) is 20.5. The minimum atomic E-state index is -0.542. The molecule has 170 valence electrons. The van der Waals surface area contributed by atoms with Crippen molar-refractivity contribution in [2.75, 3.05) is 37.6 Å². The number of hydrogen-bond donors (Lipinski definition) is 1. The molecule has 2 aliphatic carbocycles. The van der Waals surface area contributed by atoms with Crippen LogP contribution in [-0.2, 0) is 9.53 Å². The fourth-order valence-corrected chi connectivity index (χ4v) is 6.49. The number of hydrogen-bond acceptors (Lipinski definition) is 6. The highest BCUT2D eigenvalue weighted by Crippen LogP contribution is 2.56. The second-order valence-corrected chi connectivity index (χ2v) is 10.2. The summed E-state index contributed by atoms with van der Waals surface area (Å²) in [6.07, 6.45) is 4.47. The number of aliphatic hydroxyl groups excluding tert-OH is 1. The topological polar surface area (TPSA) is 76.8 Å². The third-order valence-electron chi connectivity index (χ3n) is 8.76. The van der Waals surface area contributed by atoms with Gasteiger partial charge in [0.2, 0.25) is 0 Å². The van der Waals surface area contributed by atoms with E-state index in [1.807, 2.05) is 24.3 Å². The van der Waals surface area contributed by atoms with Gasteiger partial charge in [-0.05, 0) is 43.0 Å². The van der Waals surface area contributed by atoms with Gasteiger partial charge in [0.05, 0.1) is 23.7 Å². The van der Waals surface area contributed by atoms with Crippen molar-refractivity contribution >= 4 is 11.7 Å². The Kier molecular flexibility index (Phi) is 5.51. The number of esters is 1. The smallest absolute Gasteiger partial charge is 0.311 e. The number of fused-ring (bicyclic) bond motifs is 2. The largest absolute Gasteiger partial charge is 0.461 e. The van der Waals surface area contributed by atoms with Crippen molar-refractivity contribution in [3.05, 3.63) is 41.5 Å². The Morgan fingerprint density at radius 3 is 2.62 bits per heavy atom. The number of piperazine rings is 1. The normalized spacial score (nSPS) is 37.2. The number of anilines is 1. The van der Waals surface area contributed by atoms with Crippen molar-refractivity contribution in [2.24, 2.45) is 23.2 Å². The molecule has 0 unspecified atom stereocenters. The van der Waals surface area contributed by atoms with Gasteiger partial charge in [0.1, 0.15) is 6.10 Å². The molecule has 6 heteroatoms. The second kappa shape index (κ2) is 8.20. The number of nitriles is 1. The lowest BCUT2D eigenvalue weighted by Crippen LogP contribution is -2.55. The van der Waals surface area contributed by atoms with Crippen LogP contribution in [0.4, 0.5) is 5.69 Å². The Labute approximate surface area is 190 Å². The molecule has 1 aromatic rings. The summed E-state index contributed by atoms with van der Waals surface area (Å²) in [4.78, 5) is 17.6. The number of carbonyl (C=O) groups is 1. The van der Waals surface area contributed by atoms with Gasteiger partial charge in [-0.1, -0.05) is 25.5 Å². The molecule has 6 nitrogen and oxygen atoms in total.